The van der Waals surface area contributed by atoms with Crippen LogP contribution in [0.15, 0.2) is 36.4 Å². The number of hydrogen-bond donors (Lipinski definition) is 1. The normalized spacial score (nSPS) is 12.7. The van der Waals surface area contributed by atoms with Crippen molar-refractivity contribution in [3.05, 3.63) is 52.5 Å². The first-order valence-electron chi connectivity index (χ1n) is 5.60. The number of halogens is 1. The molecule has 0 aliphatic carbocycles. The summed E-state index contributed by atoms with van der Waals surface area (Å²) in [6.07, 6.45) is 0.637. The van der Waals surface area contributed by atoms with Gasteiger partial charge in [0.25, 0.3) is 0 Å². The van der Waals surface area contributed by atoms with Gasteiger partial charge in [0.1, 0.15) is 5.75 Å². The number of phenolic OH excluding ortho intramolecular Hbond substituents is 1. The van der Waals surface area contributed by atoms with Crippen LogP contribution in [0.2, 0.25) is 5.02 Å². The van der Waals surface area contributed by atoms with Gasteiger partial charge in [-0.25, -0.2) is 0 Å². The summed E-state index contributed by atoms with van der Waals surface area (Å²) < 4.78 is 10.5. The Bertz CT molecular complexity index is 578. The summed E-state index contributed by atoms with van der Waals surface area (Å²) in [4.78, 5) is 0. The highest BCUT2D eigenvalue weighted by atomic mass is 35.5. The molecular weight excluding hydrogens is 252 g/mol. The molecule has 0 saturated carbocycles. The first kappa shape index (κ1) is 11.2. The summed E-state index contributed by atoms with van der Waals surface area (Å²) in [6.45, 7) is 0.211. The molecule has 0 saturated heterocycles. The topological polar surface area (TPSA) is 38.7 Å². The SMILES string of the molecule is Oc1cc2c(cc1Cc1ccc([ClH+])cc1)OCO2. The van der Waals surface area contributed by atoms with Crippen LogP contribution in [0.25, 0.3) is 0 Å². The van der Waals surface area contributed by atoms with E-state index in [1.807, 2.05) is 30.3 Å². The number of aromatic hydroxyl groups is 1. The van der Waals surface area contributed by atoms with E-state index in [1.165, 1.54) is 0 Å². The third-order valence-electron chi connectivity index (χ3n) is 2.89. The highest BCUT2D eigenvalue weighted by Gasteiger charge is 2.17. The zero-order valence-electron chi connectivity index (χ0n) is 9.55. The number of fused-ring (bicyclic) bond motifs is 1. The van der Waals surface area contributed by atoms with Gasteiger partial charge in [-0.3, -0.25) is 0 Å². The quantitative estimate of drug-likeness (QED) is 0.904. The fourth-order valence-corrected chi connectivity index (χ4v) is 2.08. The predicted molar refractivity (Wildman–Crippen MR) is 64.0 cm³/mol. The standard InChI is InChI=1S/C14H11ClO3/c15-11-3-1-9(2-4-11)5-10-6-13-14(7-12(10)16)18-8-17-13/h1-4,6-7,15H,5,8H2/p+1. The zero-order valence-corrected chi connectivity index (χ0v) is 10.4. The van der Waals surface area contributed by atoms with E-state index in [1.54, 1.807) is 6.07 Å². The van der Waals surface area contributed by atoms with Crippen molar-refractivity contribution in [1.29, 1.82) is 0 Å². The van der Waals surface area contributed by atoms with Crippen LogP contribution in [0.4, 0.5) is 0 Å². The first-order chi connectivity index (χ1) is 8.72. The molecule has 1 N–H and O–H groups in total. The minimum Gasteiger partial charge on any atom is -0.508 e. The lowest BCUT2D eigenvalue weighted by atomic mass is 10.0. The second-order valence-corrected chi connectivity index (χ2v) is 4.63. The third kappa shape index (κ3) is 2.09. The Morgan fingerprint density at radius 1 is 1.06 bits per heavy atom. The van der Waals surface area contributed by atoms with E-state index in [4.69, 9.17) is 21.1 Å². The minimum absolute atomic E-state index is 0.211. The van der Waals surface area contributed by atoms with Crippen molar-refractivity contribution in [2.45, 2.75) is 6.42 Å². The molecule has 0 unspecified atom stereocenters. The second kappa shape index (κ2) is 4.42. The average Bonchev–Trinajstić information content (AvgIpc) is 2.79. The van der Waals surface area contributed by atoms with Crippen LogP contribution in [0, 0.1) is 11.6 Å². The van der Waals surface area contributed by atoms with Gasteiger partial charge in [0.15, 0.2) is 23.1 Å². The molecule has 18 heavy (non-hydrogen) atoms. The molecule has 2 aromatic rings. The molecule has 0 radical (unpaired) electrons. The minimum atomic E-state index is 0.211. The Hall–Kier alpha value is -1.87. The summed E-state index contributed by atoms with van der Waals surface area (Å²) in [5, 5.41) is 10.7. The van der Waals surface area contributed by atoms with Gasteiger partial charge in [0.2, 0.25) is 11.8 Å². The van der Waals surface area contributed by atoms with Crippen LogP contribution >= 0.6 is 0 Å². The van der Waals surface area contributed by atoms with Gasteiger partial charge in [-0.15, -0.1) is 0 Å². The predicted octanol–water partition coefficient (Wildman–Crippen LogP) is 2.41. The van der Waals surface area contributed by atoms with Gasteiger partial charge < -0.3 is 14.6 Å². The van der Waals surface area contributed by atoms with Crippen LogP contribution in [-0.4, -0.2) is 11.9 Å². The maximum atomic E-state index is 9.93. The molecule has 1 heterocycles. The molecule has 3 rings (SSSR count). The molecule has 1 aliphatic rings. The smallest absolute Gasteiger partial charge is 0.231 e. The van der Waals surface area contributed by atoms with Gasteiger partial charge in [0.05, 0.1) is 0 Å². The number of benzene rings is 2. The lowest BCUT2D eigenvalue weighted by Gasteiger charge is -2.06. The molecule has 92 valence electrons. The lowest BCUT2D eigenvalue weighted by Crippen LogP contribution is -1.93. The van der Waals surface area contributed by atoms with Crippen molar-refractivity contribution < 1.29 is 26.2 Å². The highest BCUT2D eigenvalue weighted by Crippen LogP contribution is 2.38. The van der Waals surface area contributed by atoms with Gasteiger partial charge in [-0.2, -0.15) is 0 Å². The van der Waals surface area contributed by atoms with Crippen molar-refractivity contribution in [2.75, 3.05) is 6.79 Å². The largest absolute Gasteiger partial charge is 0.508 e. The number of phenols is 1. The van der Waals surface area contributed by atoms with Crippen LogP contribution < -0.4 is 9.47 Å². The molecule has 0 aromatic heterocycles. The van der Waals surface area contributed by atoms with Crippen molar-refractivity contribution in [3.63, 3.8) is 0 Å². The molecule has 0 fully saturated rings. The third-order valence-corrected chi connectivity index (χ3v) is 3.16. The summed E-state index contributed by atoms with van der Waals surface area (Å²) >= 11 is 5.04. The summed E-state index contributed by atoms with van der Waals surface area (Å²) in [6, 6.07) is 11.1. The molecule has 3 nitrogen and oxygen atoms in total. The van der Waals surface area contributed by atoms with Crippen molar-refractivity contribution >= 4 is 0 Å². The Balaban J connectivity index is 1.90. The second-order valence-electron chi connectivity index (χ2n) is 4.15. The van der Waals surface area contributed by atoms with E-state index in [0.29, 0.717) is 17.9 Å². The summed E-state index contributed by atoms with van der Waals surface area (Å²) in [7, 11) is 0. The number of rotatable bonds is 2. The molecule has 2 aromatic carbocycles. The molecule has 0 spiro atoms. The Kier molecular flexibility index (Phi) is 2.76. The first-order valence-corrected chi connectivity index (χ1v) is 6.00. The van der Waals surface area contributed by atoms with Crippen molar-refractivity contribution in [1.82, 2.24) is 0 Å². The summed E-state index contributed by atoms with van der Waals surface area (Å²) in [5.41, 5.74) is 1.91. The van der Waals surface area contributed by atoms with Gasteiger partial charge in [-0.1, -0.05) is 12.1 Å². The Morgan fingerprint density at radius 3 is 2.44 bits per heavy atom. The van der Waals surface area contributed by atoms with Crippen LogP contribution in [0.3, 0.4) is 0 Å². The van der Waals surface area contributed by atoms with Crippen LogP contribution in [0.1, 0.15) is 11.1 Å². The molecule has 0 atom stereocenters. The Morgan fingerprint density at radius 2 is 1.72 bits per heavy atom. The maximum Gasteiger partial charge on any atom is 0.231 e. The van der Waals surface area contributed by atoms with E-state index in [9.17, 15) is 5.11 Å². The van der Waals surface area contributed by atoms with E-state index < -0.39 is 0 Å². The average molecular weight is 264 g/mol. The van der Waals surface area contributed by atoms with E-state index in [0.717, 1.165) is 16.1 Å². The lowest BCUT2D eigenvalue weighted by molar-refractivity contribution is -0.288. The van der Waals surface area contributed by atoms with E-state index in [2.05, 4.69) is 0 Å². The highest BCUT2D eigenvalue weighted by molar-refractivity contribution is 5.52. The monoisotopic (exact) mass is 263 g/mol. The fourth-order valence-electron chi connectivity index (χ4n) is 1.94. The molecular formula is C14H12ClO3+. The summed E-state index contributed by atoms with van der Waals surface area (Å²) in [5.74, 6) is 1.50. The van der Waals surface area contributed by atoms with Crippen LogP contribution in [-0.2, 0) is 6.42 Å². The van der Waals surface area contributed by atoms with Crippen molar-refractivity contribution in [3.8, 4) is 17.2 Å². The zero-order chi connectivity index (χ0) is 12.5. The van der Waals surface area contributed by atoms with Gasteiger partial charge in [0, 0.05) is 30.2 Å². The van der Waals surface area contributed by atoms with E-state index in [-0.39, 0.29) is 12.5 Å². The number of ether oxygens (including phenoxy) is 2. The maximum absolute atomic E-state index is 9.93. The van der Waals surface area contributed by atoms with E-state index >= 15 is 0 Å². The van der Waals surface area contributed by atoms with Gasteiger partial charge >= 0.3 is 0 Å². The molecule has 0 amide bonds. The molecule has 0 bridgehead atoms. The van der Waals surface area contributed by atoms with Crippen LogP contribution in [0.5, 0.6) is 17.2 Å². The fraction of sp³-hybridized carbons (Fsp3) is 0.143. The van der Waals surface area contributed by atoms with Gasteiger partial charge in [-0.05, 0) is 11.6 Å². The molecule has 1 aliphatic heterocycles. The number of hydrogen-bond acceptors (Lipinski definition) is 3. The molecule has 4 heteroatoms. The Labute approximate surface area is 110 Å². The van der Waals surface area contributed by atoms with Crippen molar-refractivity contribution in [2.24, 2.45) is 0 Å².